The first-order valence-corrected chi connectivity index (χ1v) is 12.6. The molecule has 0 saturated carbocycles. The van der Waals surface area contributed by atoms with Gasteiger partial charge in [0.2, 0.25) is 0 Å². The fourth-order valence-corrected chi connectivity index (χ4v) is 5.11. The maximum Gasteiger partial charge on any atom is 0.265 e. The van der Waals surface area contributed by atoms with Crippen LogP contribution in [0.3, 0.4) is 0 Å². The van der Waals surface area contributed by atoms with Gasteiger partial charge in [0.25, 0.3) is 11.8 Å². The highest BCUT2D eigenvalue weighted by molar-refractivity contribution is 5.98. The van der Waals surface area contributed by atoms with Crippen LogP contribution in [0.15, 0.2) is 85.1 Å². The lowest BCUT2D eigenvalue weighted by molar-refractivity contribution is -0.122. The van der Waals surface area contributed by atoms with Crippen molar-refractivity contribution >= 4 is 28.4 Å². The lowest BCUT2D eigenvalue weighted by Crippen LogP contribution is -2.48. The van der Waals surface area contributed by atoms with Gasteiger partial charge in [-0.3, -0.25) is 19.5 Å². The minimum Gasteiger partial charge on any atom is -0.480 e. The first-order valence-electron chi connectivity index (χ1n) is 12.6. The predicted molar refractivity (Wildman–Crippen MR) is 143 cm³/mol. The van der Waals surface area contributed by atoms with Gasteiger partial charge in [0.1, 0.15) is 5.75 Å². The molecule has 0 spiro atoms. The molecule has 1 N–H and O–H groups in total. The van der Waals surface area contributed by atoms with Crippen molar-refractivity contribution in [3.63, 3.8) is 0 Å². The predicted octanol–water partition coefficient (Wildman–Crippen LogP) is 4.14. The molecular formula is C30H28N4O3. The van der Waals surface area contributed by atoms with Gasteiger partial charge < -0.3 is 15.0 Å². The first kappa shape index (κ1) is 23.2. The number of carbonyl (C=O) groups is 2. The van der Waals surface area contributed by atoms with Crippen LogP contribution in [0.2, 0.25) is 0 Å². The molecular weight excluding hydrogens is 464 g/mol. The number of hydrogen-bond acceptors (Lipinski definition) is 5. The fraction of sp³-hybridized carbons (Fsp3) is 0.233. The Morgan fingerprint density at radius 2 is 1.73 bits per heavy atom. The van der Waals surface area contributed by atoms with Crippen LogP contribution in [0.5, 0.6) is 5.75 Å². The van der Waals surface area contributed by atoms with Crippen molar-refractivity contribution < 1.29 is 14.3 Å². The normalized spacial score (nSPS) is 17.3. The maximum atomic E-state index is 13.2. The van der Waals surface area contributed by atoms with Crippen molar-refractivity contribution in [3.05, 3.63) is 102 Å². The number of para-hydroxylation sites is 2. The second kappa shape index (κ2) is 10.0. The molecule has 1 unspecified atom stereocenters. The van der Waals surface area contributed by atoms with Crippen molar-refractivity contribution in [2.45, 2.75) is 19.1 Å². The van der Waals surface area contributed by atoms with Gasteiger partial charge in [-0.2, -0.15) is 0 Å². The number of piperazine rings is 1. The average Bonchev–Trinajstić information content (AvgIpc) is 3.38. The average molecular weight is 493 g/mol. The highest BCUT2D eigenvalue weighted by Gasteiger charge is 2.29. The summed E-state index contributed by atoms with van der Waals surface area (Å²) in [5.41, 5.74) is 4.44. The molecule has 1 aromatic heterocycles. The number of ether oxygens (including phenoxy) is 1. The number of nitrogens with zero attached hydrogens (tertiary/aromatic N) is 3. The van der Waals surface area contributed by atoms with Gasteiger partial charge in [0, 0.05) is 62.0 Å². The largest absolute Gasteiger partial charge is 0.480 e. The number of benzene rings is 3. The molecule has 0 bridgehead atoms. The van der Waals surface area contributed by atoms with Crippen LogP contribution in [0.25, 0.3) is 10.9 Å². The van der Waals surface area contributed by atoms with Crippen LogP contribution in [0, 0.1) is 0 Å². The molecule has 6 rings (SSSR count). The Kier molecular flexibility index (Phi) is 6.28. The van der Waals surface area contributed by atoms with Gasteiger partial charge in [-0.15, -0.1) is 0 Å². The van der Waals surface area contributed by atoms with Gasteiger partial charge in [0.05, 0.1) is 5.52 Å². The van der Waals surface area contributed by atoms with Gasteiger partial charge in [-0.1, -0.05) is 48.5 Å². The van der Waals surface area contributed by atoms with E-state index in [-0.39, 0.29) is 11.8 Å². The number of fused-ring (bicyclic) bond motifs is 2. The summed E-state index contributed by atoms with van der Waals surface area (Å²) >= 11 is 0. The molecule has 4 aromatic rings. The van der Waals surface area contributed by atoms with E-state index >= 15 is 0 Å². The number of amides is 2. The Hall–Kier alpha value is -4.23. The molecule has 2 aliphatic heterocycles. The summed E-state index contributed by atoms with van der Waals surface area (Å²) in [6, 6.07) is 25.2. The van der Waals surface area contributed by atoms with Crippen LogP contribution in [0.4, 0.5) is 5.69 Å². The summed E-state index contributed by atoms with van der Waals surface area (Å²) in [6.07, 6.45) is 1.81. The molecule has 1 saturated heterocycles. The Morgan fingerprint density at radius 3 is 2.59 bits per heavy atom. The first-order chi connectivity index (χ1) is 18.1. The van der Waals surface area contributed by atoms with Crippen LogP contribution in [-0.4, -0.2) is 58.9 Å². The Bertz CT molecular complexity index is 1430. The third-order valence-electron chi connectivity index (χ3n) is 7.09. The standard InChI is InChI=1S/C30H28N4O3/c35-29(27-19-22-6-1-2-12-26(22)37-27)32-25-11-4-8-23(18-25)30(36)34-16-14-33(15-17-34)20-24-9-3-7-21-10-5-13-31-28(21)24/h1-13,18,27H,14-17,19-20H2,(H,32,35). The smallest absolute Gasteiger partial charge is 0.265 e. The molecule has 3 heterocycles. The van der Waals surface area contributed by atoms with E-state index in [1.807, 2.05) is 41.4 Å². The van der Waals surface area contributed by atoms with E-state index in [9.17, 15) is 9.59 Å². The van der Waals surface area contributed by atoms with Crippen molar-refractivity contribution in [2.75, 3.05) is 31.5 Å². The zero-order chi connectivity index (χ0) is 25.2. The number of pyridine rings is 1. The van der Waals surface area contributed by atoms with E-state index in [1.165, 1.54) is 5.56 Å². The number of nitrogens with one attached hydrogen (secondary N) is 1. The quantitative estimate of drug-likeness (QED) is 0.453. The van der Waals surface area contributed by atoms with E-state index in [4.69, 9.17) is 4.74 Å². The summed E-state index contributed by atoms with van der Waals surface area (Å²) < 4.78 is 5.79. The van der Waals surface area contributed by atoms with E-state index < -0.39 is 6.10 Å². The number of rotatable bonds is 5. The van der Waals surface area contributed by atoms with Gasteiger partial charge in [-0.25, -0.2) is 0 Å². The summed E-state index contributed by atoms with van der Waals surface area (Å²) in [6.45, 7) is 3.71. The van der Waals surface area contributed by atoms with E-state index in [1.54, 1.807) is 24.3 Å². The van der Waals surface area contributed by atoms with E-state index in [0.29, 0.717) is 30.8 Å². The Labute approximate surface area is 215 Å². The molecule has 0 radical (unpaired) electrons. The zero-order valence-corrected chi connectivity index (χ0v) is 20.5. The number of aromatic nitrogens is 1. The SMILES string of the molecule is O=C(Nc1cccc(C(=O)N2CCN(Cc3cccc4cccnc34)CC2)c1)C1Cc2ccccc2O1. The van der Waals surface area contributed by atoms with Crippen molar-refractivity contribution in [1.82, 2.24) is 14.8 Å². The van der Waals surface area contributed by atoms with Crippen LogP contribution in [-0.2, 0) is 17.8 Å². The van der Waals surface area contributed by atoms with Gasteiger partial charge >= 0.3 is 0 Å². The Morgan fingerprint density at radius 1 is 0.919 bits per heavy atom. The molecule has 0 aliphatic carbocycles. The summed E-state index contributed by atoms with van der Waals surface area (Å²) in [4.78, 5) is 34.8. The van der Waals surface area contributed by atoms with E-state index in [2.05, 4.69) is 39.5 Å². The summed E-state index contributed by atoms with van der Waals surface area (Å²) in [5.74, 6) is 0.520. The van der Waals surface area contributed by atoms with E-state index in [0.717, 1.165) is 41.9 Å². The molecule has 2 aliphatic rings. The fourth-order valence-electron chi connectivity index (χ4n) is 5.11. The molecule has 7 nitrogen and oxygen atoms in total. The third-order valence-corrected chi connectivity index (χ3v) is 7.09. The summed E-state index contributed by atoms with van der Waals surface area (Å²) in [5, 5.41) is 4.06. The maximum absolute atomic E-state index is 13.2. The number of carbonyl (C=O) groups excluding carboxylic acids is 2. The third kappa shape index (κ3) is 4.90. The molecule has 37 heavy (non-hydrogen) atoms. The highest BCUT2D eigenvalue weighted by Crippen LogP contribution is 2.29. The minimum atomic E-state index is -0.568. The highest BCUT2D eigenvalue weighted by atomic mass is 16.5. The van der Waals surface area contributed by atoms with Crippen molar-refractivity contribution in [1.29, 1.82) is 0 Å². The topological polar surface area (TPSA) is 74.8 Å². The number of anilines is 1. The molecule has 1 atom stereocenters. The lowest BCUT2D eigenvalue weighted by Gasteiger charge is -2.35. The molecule has 1 fully saturated rings. The molecule has 2 amide bonds. The van der Waals surface area contributed by atoms with Crippen molar-refractivity contribution in [3.8, 4) is 5.75 Å². The Balaban J connectivity index is 1.05. The minimum absolute atomic E-state index is 0.0212. The summed E-state index contributed by atoms with van der Waals surface area (Å²) in [7, 11) is 0. The van der Waals surface area contributed by atoms with Gasteiger partial charge in [-0.05, 0) is 41.5 Å². The zero-order valence-electron chi connectivity index (χ0n) is 20.5. The second-order valence-corrected chi connectivity index (χ2v) is 9.55. The van der Waals surface area contributed by atoms with Crippen LogP contribution in [0.1, 0.15) is 21.5 Å². The number of hydrogen-bond donors (Lipinski definition) is 1. The molecule has 186 valence electrons. The van der Waals surface area contributed by atoms with Crippen LogP contribution < -0.4 is 10.1 Å². The van der Waals surface area contributed by atoms with Crippen LogP contribution >= 0.6 is 0 Å². The van der Waals surface area contributed by atoms with Crippen molar-refractivity contribution in [2.24, 2.45) is 0 Å². The van der Waals surface area contributed by atoms with Gasteiger partial charge in [0.15, 0.2) is 6.10 Å². The lowest BCUT2D eigenvalue weighted by atomic mass is 10.1. The monoisotopic (exact) mass is 492 g/mol. The second-order valence-electron chi connectivity index (χ2n) is 9.55. The molecule has 7 heteroatoms. The molecule has 3 aromatic carbocycles.